The molecule has 0 radical (unpaired) electrons. The monoisotopic (exact) mass is 675 g/mol. The van der Waals surface area contributed by atoms with Crippen LogP contribution in [0.3, 0.4) is 0 Å². The van der Waals surface area contributed by atoms with Crippen LogP contribution in [0.25, 0.3) is 0 Å². The first-order valence-corrected chi connectivity index (χ1v) is 19.5. The predicted molar refractivity (Wildman–Crippen MR) is 202 cm³/mol. The number of benzene rings is 1. The molecule has 2 N–H and O–H groups in total. The van der Waals surface area contributed by atoms with Crippen LogP contribution in [0.4, 0.5) is 0 Å². The first kappa shape index (κ1) is 43.7. The van der Waals surface area contributed by atoms with E-state index >= 15 is 0 Å². The Morgan fingerprint density at radius 3 is 1.15 bits per heavy atom. The molecule has 1 aromatic rings. The maximum Gasteiger partial charge on any atom is 0.261 e. The molecule has 0 bridgehead atoms. The van der Waals surface area contributed by atoms with E-state index < -0.39 is 12.2 Å². The molecule has 1 aromatic carbocycles. The summed E-state index contributed by atoms with van der Waals surface area (Å²) in [6.07, 6.45) is 21.6. The van der Waals surface area contributed by atoms with E-state index in [4.69, 9.17) is 9.47 Å². The number of carbonyl (C=O) groups is 2. The molecule has 8 nitrogen and oxygen atoms in total. The van der Waals surface area contributed by atoms with Crippen LogP contribution >= 0.6 is 0 Å². The van der Waals surface area contributed by atoms with E-state index in [9.17, 15) is 9.59 Å². The van der Waals surface area contributed by atoms with Crippen LogP contribution in [-0.4, -0.2) is 88.2 Å². The molecular formula is C40H74N4O4. The molecule has 0 fully saturated rings. The van der Waals surface area contributed by atoms with Gasteiger partial charge in [-0.3, -0.25) is 9.59 Å². The van der Waals surface area contributed by atoms with E-state index in [1.54, 1.807) is 0 Å². The molecule has 0 spiro atoms. The summed E-state index contributed by atoms with van der Waals surface area (Å²) in [4.78, 5) is 30.6. The van der Waals surface area contributed by atoms with Crippen molar-refractivity contribution in [1.82, 2.24) is 20.4 Å². The van der Waals surface area contributed by atoms with E-state index in [2.05, 4.69) is 34.3 Å². The minimum Gasteiger partial charge on any atom is -0.481 e. The summed E-state index contributed by atoms with van der Waals surface area (Å²) < 4.78 is 12.5. The van der Waals surface area contributed by atoms with Crippen molar-refractivity contribution in [1.29, 1.82) is 0 Å². The average Bonchev–Trinajstić information content (AvgIpc) is 3.06. The van der Waals surface area contributed by atoms with Crippen LogP contribution in [0, 0.1) is 0 Å². The highest BCUT2D eigenvalue weighted by Gasteiger charge is 2.22. The van der Waals surface area contributed by atoms with Gasteiger partial charge in [-0.1, -0.05) is 104 Å². The van der Waals surface area contributed by atoms with E-state index in [1.165, 1.54) is 77.0 Å². The fraction of sp³-hybridized carbons (Fsp3) is 0.800. The topological polar surface area (TPSA) is 83.1 Å². The summed E-state index contributed by atoms with van der Waals surface area (Å²) in [5, 5.41) is 6.18. The van der Waals surface area contributed by atoms with E-state index in [1.807, 2.05) is 52.5 Å². The van der Waals surface area contributed by atoms with Gasteiger partial charge < -0.3 is 29.9 Å². The average molecular weight is 675 g/mol. The Morgan fingerprint density at radius 2 is 0.833 bits per heavy atom. The number of amides is 2. The number of unbranched alkanes of at least 4 members (excludes halogenated alkanes) is 14. The van der Waals surface area contributed by atoms with Gasteiger partial charge >= 0.3 is 0 Å². The van der Waals surface area contributed by atoms with E-state index in [0.29, 0.717) is 37.4 Å². The van der Waals surface area contributed by atoms with Crippen molar-refractivity contribution in [2.45, 2.75) is 154 Å². The molecule has 48 heavy (non-hydrogen) atoms. The van der Waals surface area contributed by atoms with Crippen molar-refractivity contribution in [2.75, 3.05) is 54.4 Å². The Hall–Kier alpha value is -2.32. The molecule has 0 aliphatic rings. The first-order valence-electron chi connectivity index (χ1n) is 19.5. The summed E-state index contributed by atoms with van der Waals surface area (Å²) in [7, 11) is 8.17. The number of nitrogens with zero attached hydrogens (tertiary/aromatic N) is 2. The fourth-order valence-electron chi connectivity index (χ4n) is 5.78. The van der Waals surface area contributed by atoms with Crippen molar-refractivity contribution in [3.8, 4) is 11.5 Å². The highest BCUT2D eigenvalue weighted by atomic mass is 16.5. The molecule has 0 heterocycles. The zero-order chi connectivity index (χ0) is 35.2. The minimum atomic E-state index is -0.529. The van der Waals surface area contributed by atoms with Gasteiger partial charge in [0.2, 0.25) is 0 Å². The van der Waals surface area contributed by atoms with Gasteiger partial charge in [-0.15, -0.1) is 0 Å². The third-order valence-electron chi connectivity index (χ3n) is 8.77. The number of ether oxygens (including phenoxy) is 2. The van der Waals surface area contributed by atoms with Crippen LogP contribution in [0.1, 0.15) is 142 Å². The van der Waals surface area contributed by atoms with Crippen LogP contribution in [0.5, 0.6) is 11.5 Å². The molecular weight excluding hydrogens is 600 g/mol. The second-order valence-electron chi connectivity index (χ2n) is 14.1. The lowest BCUT2D eigenvalue weighted by atomic mass is 10.1. The Kier molecular flexibility index (Phi) is 26.9. The van der Waals surface area contributed by atoms with Gasteiger partial charge in [-0.05, 0) is 104 Å². The molecule has 2 unspecified atom stereocenters. The molecule has 8 heteroatoms. The predicted octanol–water partition coefficient (Wildman–Crippen LogP) is 8.38. The minimum absolute atomic E-state index is 0.0478. The second-order valence-corrected chi connectivity index (χ2v) is 14.1. The van der Waals surface area contributed by atoms with E-state index in [0.717, 1.165) is 51.6 Å². The van der Waals surface area contributed by atoms with E-state index in [-0.39, 0.29) is 11.8 Å². The first-order chi connectivity index (χ1) is 23.3. The SMILES string of the molecule is CCCCCCCCCCC(Oc1ccc(OC(CCCCCCCCCC)C(=O)NCCCN(C)C)cc1)C(=O)NCCCN(C)C. The standard InChI is InChI=1S/C40H74N4O4/c1-7-9-11-13-15-17-19-21-25-37(39(45)41-31-23-33-43(3)4)47-35-27-29-36(30-28-35)48-38(40(46)42-32-24-34-44(5)6)26-22-20-18-16-14-12-10-8-2/h27-30,37-38H,7-26,31-34H2,1-6H3,(H,41,45)(H,42,46). The van der Waals surface area contributed by atoms with Gasteiger partial charge in [-0.2, -0.15) is 0 Å². The Bertz CT molecular complexity index is 836. The largest absolute Gasteiger partial charge is 0.481 e. The maximum atomic E-state index is 13.2. The molecule has 0 aliphatic heterocycles. The van der Waals surface area contributed by atoms with Gasteiger partial charge in [0.15, 0.2) is 12.2 Å². The number of carbonyl (C=O) groups excluding carboxylic acids is 2. The number of hydrogen-bond acceptors (Lipinski definition) is 6. The van der Waals surface area contributed by atoms with Gasteiger partial charge in [0.1, 0.15) is 11.5 Å². The molecule has 0 saturated carbocycles. The third-order valence-corrected chi connectivity index (χ3v) is 8.77. The Morgan fingerprint density at radius 1 is 0.521 bits per heavy atom. The lowest BCUT2D eigenvalue weighted by molar-refractivity contribution is -0.129. The quantitative estimate of drug-likeness (QED) is 0.0748. The van der Waals surface area contributed by atoms with Gasteiger partial charge in [0.25, 0.3) is 11.8 Å². The van der Waals surface area contributed by atoms with Crippen LogP contribution < -0.4 is 20.1 Å². The Labute approximate surface area is 295 Å². The number of nitrogens with one attached hydrogen (secondary N) is 2. The zero-order valence-electron chi connectivity index (χ0n) is 32.0. The van der Waals surface area contributed by atoms with Crippen molar-refractivity contribution in [3.05, 3.63) is 24.3 Å². The molecule has 2 amide bonds. The summed E-state index contributed by atoms with van der Waals surface area (Å²) in [6.45, 7) is 7.63. The lowest BCUT2D eigenvalue weighted by Gasteiger charge is -2.21. The molecule has 0 saturated heterocycles. The summed E-state index contributed by atoms with van der Waals surface area (Å²) in [5.74, 6) is 1.19. The van der Waals surface area contributed by atoms with Crippen LogP contribution in [0.15, 0.2) is 24.3 Å². The van der Waals surface area contributed by atoms with Crippen molar-refractivity contribution in [3.63, 3.8) is 0 Å². The normalized spacial score (nSPS) is 12.7. The molecule has 0 aromatic heterocycles. The lowest BCUT2D eigenvalue weighted by Crippen LogP contribution is -2.39. The van der Waals surface area contributed by atoms with Crippen LogP contribution in [0.2, 0.25) is 0 Å². The molecule has 2 atom stereocenters. The zero-order valence-corrected chi connectivity index (χ0v) is 32.0. The molecule has 278 valence electrons. The highest BCUT2D eigenvalue weighted by Crippen LogP contribution is 2.23. The van der Waals surface area contributed by atoms with Crippen LogP contribution in [-0.2, 0) is 9.59 Å². The van der Waals surface area contributed by atoms with Gasteiger partial charge in [-0.25, -0.2) is 0 Å². The molecule has 1 rings (SSSR count). The van der Waals surface area contributed by atoms with Gasteiger partial charge in [0.05, 0.1) is 0 Å². The summed E-state index contributed by atoms with van der Waals surface area (Å²) >= 11 is 0. The Balaban J connectivity index is 2.76. The highest BCUT2D eigenvalue weighted by molar-refractivity contribution is 5.81. The summed E-state index contributed by atoms with van der Waals surface area (Å²) in [5.41, 5.74) is 0. The smallest absolute Gasteiger partial charge is 0.261 e. The maximum absolute atomic E-state index is 13.2. The summed E-state index contributed by atoms with van der Waals surface area (Å²) in [6, 6.07) is 7.44. The van der Waals surface area contributed by atoms with Crippen molar-refractivity contribution >= 4 is 11.8 Å². The molecule has 0 aliphatic carbocycles. The van der Waals surface area contributed by atoms with Gasteiger partial charge in [0, 0.05) is 13.1 Å². The fourth-order valence-corrected chi connectivity index (χ4v) is 5.78. The van der Waals surface area contributed by atoms with Crippen molar-refractivity contribution < 1.29 is 19.1 Å². The van der Waals surface area contributed by atoms with Crippen molar-refractivity contribution in [2.24, 2.45) is 0 Å². The third kappa shape index (κ3) is 23.9. The number of rotatable bonds is 32. The number of hydrogen-bond donors (Lipinski definition) is 2. The second kappa shape index (κ2) is 29.6.